The summed E-state index contributed by atoms with van der Waals surface area (Å²) < 4.78 is 4.54. The number of thioether (sulfide) groups is 2. The van der Waals surface area contributed by atoms with Crippen LogP contribution in [0.5, 0.6) is 0 Å². The molecule has 3 aromatic heterocycles. The normalized spacial score (nSPS) is 22.5. The largest absolute Gasteiger partial charge is 0.479 e. The summed E-state index contributed by atoms with van der Waals surface area (Å²) in [5, 5.41) is 39.8. The van der Waals surface area contributed by atoms with Gasteiger partial charge in [-0.15, -0.1) is 14.8 Å². The molecule has 18 nitrogen and oxygen atoms in total. The van der Waals surface area contributed by atoms with Gasteiger partial charge in [0.05, 0.1) is 0 Å². The summed E-state index contributed by atoms with van der Waals surface area (Å²) >= 11 is 3.18. The predicted octanol–water partition coefficient (Wildman–Crippen LogP) is -1.61. The van der Waals surface area contributed by atoms with Crippen molar-refractivity contribution in [2.75, 3.05) is 24.0 Å². The van der Waals surface area contributed by atoms with Crippen LogP contribution in [0, 0.1) is 0 Å². The number of fused-ring (bicyclic) bond motifs is 2. The molecule has 0 radical (unpaired) electrons. The van der Waals surface area contributed by atoms with E-state index in [0.29, 0.717) is 10.7 Å². The number of hydrogen-bond donors (Lipinski definition) is 4. The molecule has 39 heavy (non-hydrogen) atoms. The van der Waals surface area contributed by atoms with Gasteiger partial charge in [0, 0.05) is 17.3 Å². The number of oxime groups is 1. The third-order valence-corrected chi connectivity index (χ3v) is 8.46. The van der Waals surface area contributed by atoms with Crippen LogP contribution in [0.2, 0.25) is 0 Å². The van der Waals surface area contributed by atoms with E-state index in [1.807, 2.05) is 0 Å². The minimum atomic E-state index is -1.33. The minimum Gasteiger partial charge on any atom is -0.479 e. The van der Waals surface area contributed by atoms with E-state index in [1.165, 1.54) is 22.5 Å². The molecule has 3 aromatic rings. The Kier molecular flexibility index (Phi) is 7.12. The zero-order valence-electron chi connectivity index (χ0n) is 19.3. The molecular weight excluding hydrogens is 578 g/mol. The molecule has 5 rings (SSSR count). The molecule has 1 fully saturated rings. The number of nitrogens with two attached hydrogens (primary N) is 1. The molecule has 0 spiro atoms. The number of rotatable bonds is 10. The van der Waals surface area contributed by atoms with Gasteiger partial charge in [0.15, 0.2) is 16.2 Å². The van der Waals surface area contributed by atoms with Crippen LogP contribution in [-0.2, 0) is 24.0 Å². The number of carbonyl (C=O) groups excluding carboxylic acids is 2. The van der Waals surface area contributed by atoms with E-state index in [4.69, 9.17) is 15.7 Å². The second-order valence-electron chi connectivity index (χ2n) is 7.81. The predicted molar refractivity (Wildman–Crippen MR) is 133 cm³/mol. The monoisotopic (exact) mass is 594 g/mol. The number of tetrazole rings is 1. The quantitative estimate of drug-likeness (QED) is 0.0677. The smallest absolute Gasteiger partial charge is 0.390 e. The van der Waals surface area contributed by atoms with Crippen molar-refractivity contribution in [3.63, 3.8) is 0 Å². The molecule has 2 aliphatic heterocycles. The minimum absolute atomic E-state index is 0.0173. The van der Waals surface area contributed by atoms with Gasteiger partial charge in [-0.05, 0) is 40.4 Å². The molecule has 0 bridgehead atoms. The first-order valence-corrected chi connectivity index (χ1v) is 13.5. The maximum Gasteiger partial charge on any atom is 0.390 e. The number of aliphatic carboxylic acids is 2. The molecule has 2 amide bonds. The lowest BCUT2D eigenvalue weighted by Gasteiger charge is -2.53. The maximum atomic E-state index is 13.6. The van der Waals surface area contributed by atoms with E-state index in [0.717, 1.165) is 23.3 Å². The number of carboxylic acid groups (broad SMARTS) is 2. The van der Waals surface area contributed by atoms with Gasteiger partial charge < -0.3 is 26.1 Å². The number of quaternary nitrogens is 1. The van der Waals surface area contributed by atoms with Crippen LogP contribution in [0.4, 0.5) is 5.13 Å². The van der Waals surface area contributed by atoms with Gasteiger partial charge in [0.1, 0.15) is 10.9 Å². The van der Waals surface area contributed by atoms with E-state index >= 15 is 0 Å². The molecule has 5 N–H and O–H groups in total. The van der Waals surface area contributed by atoms with E-state index < -0.39 is 52.0 Å². The fourth-order valence-electron chi connectivity index (χ4n) is 3.89. The summed E-state index contributed by atoms with van der Waals surface area (Å²) in [6.45, 7) is -0.842. The molecule has 3 atom stereocenters. The Balaban J connectivity index is 1.39. The first-order valence-electron chi connectivity index (χ1n) is 10.7. The van der Waals surface area contributed by atoms with Crippen molar-refractivity contribution in [3.8, 4) is 0 Å². The van der Waals surface area contributed by atoms with Crippen molar-refractivity contribution in [2.24, 2.45) is 5.16 Å². The van der Waals surface area contributed by atoms with Gasteiger partial charge in [0.25, 0.3) is 5.91 Å². The zero-order valence-corrected chi connectivity index (χ0v) is 21.7. The Hall–Kier alpha value is -4.21. The lowest BCUT2D eigenvalue weighted by Crippen LogP contribution is -2.81. The zero-order chi connectivity index (χ0) is 27.7. The second-order valence-corrected chi connectivity index (χ2v) is 10.7. The van der Waals surface area contributed by atoms with Gasteiger partial charge in [0.2, 0.25) is 29.9 Å². The fraction of sp³-hybridized carbons (Fsp3) is 0.278. The lowest BCUT2D eigenvalue weighted by atomic mass is 10.00. The average Bonchev–Trinajstić information content (AvgIpc) is 3.56. The van der Waals surface area contributed by atoms with Crippen molar-refractivity contribution in [1.29, 1.82) is 0 Å². The Bertz CT molecular complexity index is 1560. The number of aromatic nitrogens is 7. The lowest BCUT2D eigenvalue weighted by molar-refractivity contribution is -0.841. The first-order chi connectivity index (χ1) is 18.7. The van der Waals surface area contributed by atoms with Gasteiger partial charge in [-0.3, -0.25) is 4.79 Å². The molecule has 1 saturated heterocycles. The van der Waals surface area contributed by atoms with Crippen molar-refractivity contribution in [1.82, 2.24) is 39.9 Å². The van der Waals surface area contributed by atoms with Crippen LogP contribution in [0.3, 0.4) is 0 Å². The Morgan fingerprint density at radius 1 is 1.33 bits per heavy atom. The van der Waals surface area contributed by atoms with Crippen LogP contribution in [0.1, 0.15) is 5.82 Å². The standard InChI is InChI=1S/C18H15N11O7S3/c19-18-21-13(25-39-18)11(24-36-5-10(30)31)14(32)20-12-15(33)29(7(17(34)35)3-4-37-16(12)29)6-38-9-2-1-8-22-26-27-28(8)23-9/h1-3,12,16H,4-6H2,(H4-,19,20,21,25,30,31,32,34,35)/p+1/t12?,16-,29?/m0/s1. The first kappa shape index (κ1) is 26.4. The van der Waals surface area contributed by atoms with Crippen LogP contribution >= 0.6 is 35.1 Å². The highest BCUT2D eigenvalue weighted by molar-refractivity contribution is 8.00. The average molecular weight is 595 g/mol. The molecule has 2 unspecified atom stereocenters. The number of amides is 2. The molecule has 0 saturated carbocycles. The second kappa shape index (κ2) is 10.5. The topological polar surface area (TPSA) is 250 Å². The molecule has 202 valence electrons. The van der Waals surface area contributed by atoms with Gasteiger partial charge in [-0.25, -0.2) is 14.4 Å². The summed E-state index contributed by atoms with van der Waals surface area (Å²) in [6.07, 6.45) is 1.46. The highest BCUT2D eigenvalue weighted by Gasteiger charge is 2.69. The number of hydrogen-bond acceptors (Lipinski definition) is 16. The summed E-state index contributed by atoms with van der Waals surface area (Å²) in [5.41, 5.74) is 5.38. The van der Waals surface area contributed by atoms with Crippen molar-refractivity contribution >= 4 is 75.3 Å². The third-order valence-electron chi connectivity index (χ3n) is 5.53. The number of nitrogen functional groups attached to an aromatic ring is 1. The van der Waals surface area contributed by atoms with E-state index in [1.54, 1.807) is 12.1 Å². The molecular formula is C18H16N11O7S3+. The summed E-state index contributed by atoms with van der Waals surface area (Å²) in [7, 11) is 0. The summed E-state index contributed by atoms with van der Waals surface area (Å²) in [6, 6.07) is 2.15. The van der Waals surface area contributed by atoms with Gasteiger partial charge in [-0.2, -0.15) is 13.8 Å². The van der Waals surface area contributed by atoms with Crippen molar-refractivity contribution in [3.05, 3.63) is 29.7 Å². The summed E-state index contributed by atoms with van der Waals surface area (Å²) in [5.74, 6) is -4.09. The Morgan fingerprint density at radius 3 is 2.87 bits per heavy atom. The number of anilines is 1. The van der Waals surface area contributed by atoms with Crippen molar-refractivity contribution < 1.29 is 38.7 Å². The Labute approximate surface area is 229 Å². The number of carboxylic acids is 2. The third kappa shape index (κ3) is 4.86. The van der Waals surface area contributed by atoms with E-state index in [2.05, 4.69) is 40.5 Å². The van der Waals surface area contributed by atoms with Crippen molar-refractivity contribution in [2.45, 2.75) is 16.4 Å². The number of nitrogens with zero attached hydrogens (tertiary/aromatic N) is 9. The molecule has 0 aromatic carbocycles. The van der Waals surface area contributed by atoms with Crippen LogP contribution < -0.4 is 11.1 Å². The highest BCUT2D eigenvalue weighted by atomic mass is 32.2. The molecule has 0 aliphatic carbocycles. The van der Waals surface area contributed by atoms with E-state index in [-0.39, 0.29) is 28.3 Å². The van der Waals surface area contributed by atoms with Gasteiger partial charge in [-0.1, -0.05) is 16.9 Å². The molecule has 21 heteroatoms. The van der Waals surface area contributed by atoms with Crippen LogP contribution in [0.25, 0.3) is 5.65 Å². The number of carbonyl (C=O) groups is 4. The molecule has 5 heterocycles. The molecule has 2 aliphatic rings. The Morgan fingerprint density at radius 2 is 2.15 bits per heavy atom. The number of nitrogens with one attached hydrogen (secondary N) is 1. The maximum absolute atomic E-state index is 13.6. The fourth-order valence-corrected chi connectivity index (χ4v) is 6.85. The van der Waals surface area contributed by atoms with E-state index in [9.17, 15) is 24.3 Å². The van der Waals surface area contributed by atoms with Crippen LogP contribution in [0.15, 0.2) is 34.1 Å². The SMILES string of the molecule is Nc1nc(C(=NOCC(=O)O)C(=O)NC2C(=O)[N+]3(CSc4ccc5nnnn5n4)C(C(=O)O)=CCS[C@@H]23)ns1. The van der Waals surface area contributed by atoms with Crippen LogP contribution in [-0.4, -0.2) is 108 Å². The highest BCUT2D eigenvalue weighted by Crippen LogP contribution is 2.47. The van der Waals surface area contributed by atoms with Gasteiger partial charge >= 0.3 is 17.8 Å². The number of β-lactam (4-membered cyclic amide) rings is 1. The summed E-state index contributed by atoms with van der Waals surface area (Å²) in [4.78, 5) is 58.2.